The molecule has 14 heavy (non-hydrogen) atoms. The van der Waals surface area contributed by atoms with Gasteiger partial charge < -0.3 is 0 Å². The molecule has 0 saturated carbocycles. The molecule has 6 heteroatoms. The lowest BCUT2D eigenvalue weighted by Gasteiger charge is -2.01. The van der Waals surface area contributed by atoms with Gasteiger partial charge in [-0.1, -0.05) is 17.7 Å². The van der Waals surface area contributed by atoms with Crippen LogP contribution >= 0.6 is 23.2 Å². The van der Waals surface area contributed by atoms with Crippen LogP contribution in [0.5, 0.6) is 0 Å². The molecule has 0 spiro atoms. The fourth-order valence-corrected chi connectivity index (χ4v) is 1.45. The van der Waals surface area contributed by atoms with Crippen molar-refractivity contribution in [2.45, 2.75) is 5.88 Å². The number of halogens is 2. The standard InChI is InChI=1S/C8H6Cl2N4/c9-5-8-11-12-13-14(8)7-3-1-2-6(10)4-7/h1-4H,5H2. The lowest BCUT2D eigenvalue weighted by molar-refractivity contribution is 0.777. The number of hydrogen-bond acceptors (Lipinski definition) is 3. The van der Waals surface area contributed by atoms with E-state index in [1.54, 1.807) is 16.8 Å². The van der Waals surface area contributed by atoms with Gasteiger partial charge in [-0.25, -0.2) is 0 Å². The highest BCUT2D eigenvalue weighted by atomic mass is 35.5. The minimum atomic E-state index is 0.263. The second-order valence-corrected chi connectivity index (χ2v) is 3.32. The van der Waals surface area contributed by atoms with Crippen molar-refractivity contribution in [3.05, 3.63) is 35.1 Å². The molecule has 0 bridgehead atoms. The summed E-state index contributed by atoms with van der Waals surface area (Å²) in [6.45, 7) is 0. The molecule has 1 aromatic carbocycles. The molecule has 0 fully saturated rings. The monoisotopic (exact) mass is 228 g/mol. The molecule has 0 unspecified atom stereocenters. The average Bonchev–Trinajstić information content (AvgIpc) is 2.65. The van der Waals surface area contributed by atoms with Crippen LogP contribution in [0.4, 0.5) is 0 Å². The first-order chi connectivity index (χ1) is 6.81. The zero-order valence-electron chi connectivity index (χ0n) is 7.06. The summed E-state index contributed by atoms with van der Waals surface area (Å²) in [4.78, 5) is 0. The molecule has 0 atom stereocenters. The molecule has 0 aliphatic rings. The number of alkyl halides is 1. The van der Waals surface area contributed by atoms with E-state index in [1.165, 1.54) is 0 Å². The Morgan fingerprint density at radius 2 is 2.21 bits per heavy atom. The highest BCUT2D eigenvalue weighted by Gasteiger charge is 2.06. The van der Waals surface area contributed by atoms with E-state index >= 15 is 0 Å². The van der Waals surface area contributed by atoms with Crippen LogP contribution < -0.4 is 0 Å². The van der Waals surface area contributed by atoms with Crippen molar-refractivity contribution in [2.24, 2.45) is 0 Å². The van der Waals surface area contributed by atoms with E-state index in [4.69, 9.17) is 23.2 Å². The van der Waals surface area contributed by atoms with E-state index in [0.29, 0.717) is 10.8 Å². The fourth-order valence-electron chi connectivity index (χ4n) is 1.10. The Morgan fingerprint density at radius 3 is 2.93 bits per heavy atom. The van der Waals surface area contributed by atoms with Crippen LogP contribution in [0.3, 0.4) is 0 Å². The molecule has 2 aromatic rings. The first-order valence-corrected chi connectivity index (χ1v) is 4.81. The maximum absolute atomic E-state index is 5.84. The molecule has 2 rings (SSSR count). The third-order valence-electron chi connectivity index (χ3n) is 1.71. The van der Waals surface area contributed by atoms with Gasteiger partial charge in [0.1, 0.15) is 0 Å². The third kappa shape index (κ3) is 1.71. The first-order valence-electron chi connectivity index (χ1n) is 3.90. The quantitative estimate of drug-likeness (QED) is 0.740. The summed E-state index contributed by atoms with van der Waals surface area (Å²) in [5, 5.41) is 11.8. The van der Waals surface area contributed by atoms with Crippen molar-refractivity contribution in [3.8, 4) is 5.69 Å². The van der Waals surface area contributed by atoms with Crippen LogP contribution in [0.15, 0.2) is 24.3 Å². The predicted molar refractivity (Wildman–Crippen MR) is 53.7 cm³/mol. The highest BCUT2D eigenvalue weighted by molar-refractivity contribution is 6.30. The molecule has 0 saturated heterocycles. The molecular formula is C8H6Cl2N4. The molecule has 1 aromatic heterocycles. The molecule has 0 aliphatic heterocycles. The lowest BCUT2D eigenvalue weighted by Crippen LogP contribution is -2.00. The Labute approximate surface area is 90.4 Å². The number of tetrazole rings is 1. The van der Waals surface area contributed by atoms with Gasteiger partial charge in [0.25, 0.3) is 0 Å². The van der Waals surface area contributed by atoms with Gasteiger partial charge in [0, 0.05) is 5.02 Å². The van der Waals surface area contributed by atoms with Crippen LogP contribution in [0.25, 0.3) is 5.69 Å². The number of rotatable bonds is 2. The molecule has 0 N–H and O–H groups in total. The summed E-state index contributed by atoms with van der Waals surface area (Å²) in [5.74, 6) is 0.855. The van der Waals surface area contributed by atoms with Gasteiger partial charge in [-0.05, 0) is 28.6 Å². The van der Waals surface area contributed by atoms with E-state index in [-0.39, 0.29) is 5.88 Å². The zero-order valence-corrected chi connectivity index (χ0v) is 8.57. The summed E-state index contributed by atoms with van der Waals surface area (Å²) in [5.41, 5.74) is 0.804. The topological polar surface area (TPSA) is 43.6 Å². The molecule has 0 amide bonds. The number of hydrogen-bond donors (Lipinski definition) is 0. The largest absolute Gasteiger partial charge is 0.196 e. The van der Waals surface area contributed by atoms with Gasteiger partial charge in [0.2, 0.25) is 0 Å². The third-order valence-corrected chi connectivity index (χ3v) is 2.18. The van der Waals surface area contributed by atoms with Crippen molar-refractivity contribution < 1.29 is 0 Å². The normalized spacial score (nSPS) is 10.4. The van der Waals surface area contributed by atoms with E-state index in [9.17, 15) is 0 Å². The lowest BCUT2D eigenvalue weighted by atomic mass is 10.3. The van der Waals surface area contributed by atoms with E-state index in [2.05, 4.69) is 15.5 Å². The maximum Gasteiger partial charge on any atom is 0.171 e. The second-order valence-electron chi connectivity index (χ2n) is 2.62. The molecule has 72 valence electrons. The molecular weight excluding hydrogens is 223 g/mol. The van der Waals surface area contributed by atoms with Gasteiger partial charge in [0.05, 0.1) is 11.6 Å². The van der Waals surface area contributed by atoms with E-state index < -0.39 is 0 Å². The highest BCUT2D eigenvalue weighted by Crippen LogP contribution is 2.15. The van der Waals surface area contributed by atoms with Gasteiger partial charge in [-0.3, -0.25) is 0 Å². The van der Waals surface area contributed by atoms with Gasteiger partial charge in [-0.2, -0.15) is 4.68 Å². The summed E-state index contributed by atoms with van der Waals surface area (Å²) in [7, 11) is 0. The smallest absolute Gasteiger partial charge is 0.171 e. The van der Waals surface area contributed by atoms with Crippen LogP contribution in [0, 0.1) is 0 Å². The number of nitrogens with zero attached hydrogens (tertiary/aromatic N) is 4. The minimum absolute atomic E-state index is 0.263. The molecule has 0 aliphatic carbocycles. The summed E-state index contributed by atoms with van der Waals surface area (Å²) in [6.07, 6.45) is 0. The van der Waals surface area contributed by atoms with Crippen LogP contribution in [0.2, 0.25) is 5.02 Å². The van der Waals surface area contributed by atoms with Gasteiger partial charge >= 0.3 is 0 Å². The van der Waals surface area contributed by atoms with E-state index in [0.717, 1.165) is 5.69 Å². The predicted octanol–water partition coefficient (Wildman–Crippen LogP) is 2.05. The molecule has 0 radical (unpaired) electrons. The van der Waals surface area contributed by atoms with Crippen molar-refractivity contribution in [3.63, 3.8) is 0 Å². The summed E-state index contributed by atoms with van der Waals surface area (Å²) >= 11 is 11.5. The maximum atomic E-state index is 5.84. The van der Waals surface area contributed by atoms with Crippen LogP contribution in [-0.2, 0) is 5.88 Å². The van der Waals surface area contributed by atoms with Crippen LogP contribution in [0.1, 0.15) is 5.82 Å². The minimum Gasteiger partial charge on any atom is -0.196 e. The summed E-state index contributed by atoms with van der Waals surface area (Å²) < 4.78 is 1.55. The first kappa shape index (κ1) is 9.43. The van der Waals surface area contributed by atoms with Gasteiger partial charge in [-0.15, -0.1) is 16.7 Å². The Hall–Kier alpha value is -1.13. The van der Waals surface area contributed by atoms with Gasteiger partial charge in [0.15, 0.2) is 5.82 Å². The van der Waals surface area contributed by atoms with Crippen LogP contribution in [-0.4, -0.2) is 20.2 Å². The summed E-state index contributed by atoms with van der Waals surface area (Å²) in [6, 6.07) is 7.25. The molecule has 4 nitrogen and oxygen atoms in total. The zero-order chi connectivity index (χ0) is 9.97. The molecule has 1 heterocycles. The second kappa shape index (κ2) is 3.94. The van der Waals surface area contributed by atoms with Crippen molar-refractivity contribution in [2.75, 3.05) is 0 Å². The van der Waals surface area contributed by atoms with Crippen molar-refractivity contribution >= 4 is 23.2 Å². The Bertz CT molecular complexity index is 440. The Morgan fingerprint density at radius 1 is 1.36 bits per heavy atom. The SMILES string of the molecule is ClCc1nnnn1-c1cccc(Cl)c1. The Kier molecular flexibility index (Phi) is 2.65. The average molecular weight is 229 g/mol. The number of aromatic nitrogens is 4. The number of benzene rings is 1. The van der Waals surface area contributed by atoms with Crippen molar-refractivity contribution in [1.29, 1.82) is 0 Å². The Balaban J connectivity index is 2.49. The van der Waals surface area contributed by atoms with Crippen molar-refractivity contribution in [1.82, 2.24) is 20.2 Å². The van der Waals surface area contributed by atoms with E-state index in [1.807, 2.05) is 12.1 Å². The fraction of sp³-hybridized carbons (Fsp3) is 0.125.